The summed E-state index contributed by atoms with van der Waals surface area (Å²) in [5.41, 5.74) is 0.165. The predicted molar refractivity (Wildman–Crippen MR) is 64.2 cm³/mol. The molecule has 3 nitrogen and oxygen atoms in total. The van der Waals surface area contributed by atoms with Gasteiger partial charge in [0, 0.05) is 0 Å². The maximum atomic E-state index is 11.3. The van der Waals surface area contributed by atoms with Crippen molar-refractivity contribution in [3.8, 4) is 5.75 Å². The Morgan fingerprint density at radius 1 is 1.18 bits per heavy atom. The molecule has 0 aromatic heterocycles. The number of phenols is 1. The van der Waals surface area contributed by atoms with Crippen molar-refractivity contribution in [2.45, 2.75) is 18.3 Å². The monoisotopic (exact) mass is 228 g/mol. The number of hydrogen-bond donors (Lipinski definition) is 2. The third kappa shape index (κ3) is 1.39. The Labute approximate surface area is 98.3 Å². The molecule has 0 bridgehead atoms. The summed E-state index contributed by atoms with van der Waals surface area (Å²) in [6.45, 7) is 0. The summed E-state index contributed by atoms with van der Waals surface area (Å²) in [7, 11) is 0. The van der Waals surface area contributed by atoms with Crippen LogP contribution in [0.5, 0.6) is 5.75 Å². The Bertz CT molecular complexity index is 612. The fraction of sp³-hybridized carbons (Fsp3) is 0.214. The van der Waals surface area contributed by atoms with Crippen LogP contribution >= 0.6 is 0 Å². The second-order valence-corrected chi connectivity index (χ2v) is 4.60. The first-order valence-corrected chi connectivity index (χ1v) is 5.59. The number of carbonyl (C=O) groups is 1. The molecule has 0 spiro atoms. The molecule has 2 aromatic carbocycles. The van der Waals surface area contributed by atoms with Gasteiger partial charge in [-0.3, -0.25) is 4.79 Å². The molecule has 1 aliphatic carbocycles. The van der Waals surface area contributed by atoms with E-state index in [0.29, 0.717) is 12.8 Å². The maximum Gasteiger partial charge on any atom is 0.314 e. The third-order valence-corrected chi connectivity index (χ3v) is 3.54. The molecule has 1 aliphatic rings. The van der Waals surface area contributed by atoms with Gasteiger partial charge in [-0.05, 0) is 41.3 Å². The number of fused-ring (bicyclic) bond motifs is 1. The van der Waals surface area contributed by atoms with Crippen LogP contribution in [0.15, 0.2) is 36.4 Å². The molecule has 1 fully saturated rings. The predicted octanol–water partition coefficient (Wildman–Crippen LogP) is 2.66. The highest BCUT2D eigenvalue weighted by Crippen LogP contribution is 2.50. The molecule has 0 amide bonds. The molecule has 0 heterocycles. The average Bonchev–Trinajstić information content (AvgIpc) is 3.09. The summed E-state index contributed by atoms with van der Waals surface area (Å²) in [6.07, 6.45) is 1.39. The first-order valence-electron chi connectivity index (χ1n) is 5.59. The second kappa shape index (κ2) is 3.23. The number of aromatic hydroxyl groups is 1. The molecule has 0 aliphatic heterocycles. The summed E-state index contributed by atoms with van der Waals surface area (Å²) < 4.78 is 0. The Hall–Kier alpha value is -2.03. The van der Waals surface area contributed by atoms with Crippen molar-refractivity contribution >= 4 is 16.7 Å². The van der Waals surface area contributed by atoms with Gasteiger partial charge >= 0.3 is 5.97 Å². The Morgan fingerprint density at radius 2 is 1.94 bits per heavy atom. The van der Waals surface area contributed by atoms with Crippen LogP contribution in [0.3, 0.4) is 0 Å². The van der Waals surface area contributed by atoms with Crippen molar-refractivity contribution in [2.24, 2.45) is 0 Å². The second-order valence-electron chi connectivity index (χ2n) is 4.60. The minimum Gasteiger partial charge on any atom is -0.508 e. The first kappa shape index (κ1) is 10.1. The van der Waals surface area contributed by atoms with E-state index in [0.717, 1.165) is 16.3 Å². The summed E-state index contributed by atoms with van der Waals surface area (Å²) in [5.74, 6) is -0.548. The topological polar surface area (TPSA) is 57.5 Å². The van der Waals surface area contributed by atoms with Crippen molar-refractivity contribution in [3.63, 3.8) is 0 Å². The lowest BCUT2D eigenvalue weighted by Gasteiger charge is -2.13. The fourth-order valence-corrected chi connectivity index (χ4v) is 2.41. The maximum absolute atomic E-state index is 11.3. The van der Waals surface area contributed by atoms with Gasteiger partial charge in [0.15, 0.2) is 0 Å². The van der Waals surface area contributed by atoms with E-state index in [9.17, 15) is 15.0 Å². The van der Waals surface area contributed by atoms with E-state index in [1.807, 2.05) is 18.2 Å². The smallest absolute Gasteiger partial charge is 0.314 e. The van der Waals surface area contributed by atoms with Gasteiger partial charge in [0.2, 0.25) is 0 Å². The fourth-order valence-electron chi connectivity index (χ4n) is 2.41. The van der Waals surface area contributed by atoms with Crippen molar-refractivity contribution in [2.75, 3.05) is 0 Å². The number of carboxylic acids is 1. The summed E-state index contributed by atoms with van der Waals surface area (Å²) in [6, 6.07) is 10.7. The zero-order chi connectivity index (χ0) is 12.0. The number of hydrogen-bond acceptors (Lipinski definition) is 2. The van der Waals surface area contributed by atoms with E-state index in [2.05, 4.69) is 0 Å². The van der Waals surface area contributed by atoms with Gasteiger partial charge in [-0.1, -0.05) is 24.3 Å². The number of aliphatic carboxylic acids is 1. The molecule has 0 unspecified atom stereocenters. The summed E-state index contributed by atoms with van der Waals surface area (Å²) in [5, 5.41) is 20.6. The van der Waals surface area contributed by atoms with E-state index in [-0.39, 0.29) is 5.75 Å². The van der Waals surface area contributed by atoms with Crippen LogP contribution in [0.4, 0.5) is 0 Å². The Morgan fingerprint density at radius 3 is 2.59 bits per heavy atom. The lowest BCUT2D eigenvalue weighted by Crippen LogP contribution is -2.19. The average molecular weight is 228 g/mol. The molecule has 3 heteroatoms. The molecule has 2 aromatic rings. The van der Waals surface area contributed by atoms with Gasteiger partial charge in [-0.25, -0.2) is 0 Å². The number of benzene rings is 2. The minimum atomic E-state index is -0.752. The minimum absolute atomic E-state index is 0.204. The van der Waals surface area contributed by atoms with Crippen LogP contribution in [0.2, 0.25) is 0 Å². The van der Waals surface area contributed by atoms with Gasteiger partial charge in [0.05, 0.1) is 5.41 Å². The van der Waals surface area contributed by atoms with Gasteiger partial charge < -0.3 is 10.2 Å². The van der Waals surface area contributed by atoms with Crippen molar-refractivity contribution < 1.29 is 15.0 Å². The van der Waals surface area contributed by atoms with Gasteiger partial charge in [0.25, 0.3) is 0 Å². The highest BCUT2D eigenvalue weighted by molar-refractivity contribution is 5.95. The van der Waals surface area contributed by atoms with E-state index >= 15 is 0 Å². The van der Waals surface area contributed by atoms with Gasteiger partial charge in [-0.2, -0.15) is 0 Å². The highest BCUT2D eigenvalue weighted by Gasteiger charge is 2.52. The Kier molecular flexibility index (Phi) is 1.93. The quantitative estimate of drug-likeness (QED) is 0.830. The summed E-state index contributed by atoms with van der Waals surface area (Å²) in [4.78, 5) is 11.3. The van der Waals surface area contributed by atoms with Gasteiger partial charge in [-0.15, -0.1) is 0 Å². The molecular weight excluding hydrogens is 216 g/mol. The van der Waals surface area contributed by atoms with Crippen LogP contribution in [0.1, 0.15) is 18.4 Å². The molecule has 1 saturated carbocycles. The molecule has 0 radical (unpaired) electrons. The van der Waals surface area contributed by atoms with Crippen LogP contribution in [0.25, 0.3) is 10.8 Å². The molecular formula is C14H12O3. The molecule has 0 atom stereocenters. The number of phenolic OH excluding ortho intramolecular Hbond substituents is 1. The first-order chi connectivity index (χ1) is 8.13. The third-order valence-electron chi connectivity index (χ3n) is 3.54. The van der Waals surface area contributed by atoms with Crippen LogP contribution in [-0.2, 0) is 10.2 Å². The van der Waals surface area contributed by atoms with Gasteiger partial charge in [0.1, 0.15) is 5.75 Å². The Balaban J connectivity index is 2.28. The number of carboxylic acid groups (broad SMARTS) is 1. The van der Waals surface area contributed by atoms with Crippen molar-refractivity contribution in [1.29, 1.82) is 0 Å². The molecule has 0 saturated heterocycles. The van der Waals surface area contributed by atoms with E-state index in [4.69, 9.17) is 0 Å². The standard InChI is InChI=1S/C14H12O3/c15-10-4-5-11-9(8-10)2-1-3-12(11)14(6-7-14)13(16)17/h1-5,8,15H,6-7H2,(H,16,17). The highest BCUT2D eigenvalue weighted by atomic mass is 16.4. The summed E-state index contributed by atoms with van der Waals surface area (Å²) >= 11 is 0. The van der Waals surface area contributed by atoms with Crippen LogP contribution in [0, 0.1) is 0 Å². The molecule has 86 valence electrons. The van der Waals surface area contributed by atoms with Crippen molar-refractivity contribution in [1.82, 2.24) is 0 Å². The zero-order valence-electron chi connectivity index (χ0n) is 9.18. The lowest BCUT2D eigenvalue weighted by molar-refractivity contribution is -0.139. The van der Waals surface area contributed by atoms with Crippen LogP contribution < -0.4 is 0 Å². The zero-order valence-corrected chi connectivity index (χ0v) is 9.18. The SMILES string of the molecule is O=C(O)C1(c2cccc3cc(O)ccc23)CC1. The molecule has 17 heavy (non-hydrogen) atoms. The van der Waals surface area contributed by atoms with E-state index < -0.39 is 11.4 Å². The largest absolute Gasteiger partial charge is 0.508 e. The van der Waals surface area contributed by atoms with Crippen LogP contribution in [-0.4, -0.2) is 16.2 Å². The number of rotatable bonds is 2. The van der Waals surface area contributed by atoms with E-state index in [1.165, 1.54) is 0 Å². The molecule has 2 N–H and O–H groups in total. The van der Waals surface area contributed by atoms with Crippen molar-refractivity contribution in [3.05, 3.63) is 42.0 Å². The normalized spacial score (nSPS) is 16.9. The molecule has 3 rings (SSSR count). The van der Waals surface area contributed by atoms with E-state index in [1.54, 1.807) is 18.2 Å². The lowest BCUT2D eigenvalue weighted by atomic mass is 9.91.